The first-order chi connectivity index (χ1) is 16.5. The lowest BCUT2D eigenvalue weighted by molar-refractivity contribution is -0.460. The molecule has 0 heterocycles. The minimum atomic E-state index is -8.86. The van der Waals surface area contributed by atoms with Gasteiger partial charge >= 0.3 is 52.6 Å². The van der Waals surface area contributed by atoms with Crippen molar-refractivity contribution in [2.45, 2.75) is 111 Å². The topological polar surface area (TPSA) is 0 Å². The summed E-state index contributed by atoms with van der Waals surface area (Å²) < 4.78 is 256. The molecule has 1 atom stereocenters. The first kappa shape index (κ1) is 37.0. The van der Waals surface area contributed by atoms with Crippen LogP contribution in [0.25, 0.3) is 0 Å². The molecule has 0 aliphatic carbocycles. The summed E-state index contributed by atoms with van der Waals surface area (Å²) in [5.74, 6) is -66.3. The quantitative estimate of drug-likeness (QED) is 0.0983. The van der Waals surface area contributed by atoms with Crippen LogP contribution in [0.15, 0.2) is 0 Å². The van der Waals surface area contributed by atoms with Crippen LogP contribution in [0.5, 0.6) is 0 Å². The van der Waals surface area contributed by atoms with Crippen molar-refractivity contribution in [2.75, 3.05) is 0 Å². The van der Waals surface area contributed by atoms with Gasteiger partial charge in [0, 0.05) is 0 Å². The number of unbranched alkanes of at least 4 members (excludes halogenated alkanes) is 5. The highest BCUT2D eigenvalue weighted by Crippen LogP contribution is 2.65. The smallest absolute Gasteiger partial charge is 0.241 e. The number of alkyl halides is 19. The van der Waals surface area contributed by atoms with Crippen LogP contribution in [0.2, 0.25) is 0 Å². The molecule has 0 aliphatic rings. The Morgan fingerprint density at radius 2 is 0.737 bits per heavy atom. The Morgan fingerprint density at radius 3 is 1.08 bits per heavy atom. The van der Waals surface area contributed by atoms with Gasteiger partial charge in [0.2, 0.25) is 0 Å². The predicted octanol–water partition coefficient (Wildman–Crippen LogP) is 9.68. The predicted molar refractivity (Wildman–Crippen MR) is 96.4 cm³/mol. The van der Waals surface area contributed by atoms with Crippen LogP contribution in [0.1, 0.15) is 51.9 Å². The Morgan fingerprint density at radius 1 is 0.447 bits per heavy atom. The van der Waals surface area contributed by atoms with E-state index >= 15 is 0 Å². The van der Waals surface area contributed by atoms with Crippen molar-refractivity contribution in [3.63, 3.8) is 0 Å². The molecule has 0 aromatic carbocycles. The molecule has 38 heavy (non-hydrogen) atoms. The van der Waals surface area contributed by atoms with Gasteiger partial charge in [-0.05, 0) is 6.42 Å². The summed E-state index contributed by atoms with van der Waals surface area (Å²) in [5.41, 5.74) is 0. The second kappa shape index (κ2) is 11.1. The van der Waals surface area contributed by atoms with Crippen LogP contribution < -0.4 is 0 Å². The molecular formula is C18H19F19S. The average Bonchev–Trinajstić information content (AvgIpc) is 2.73. The second-order valence-electron chi connectivity index (χ2n) is 8.21. The standard InChI is InChI=1S/C18H19F19S/c1-2-3-4-5-6-7-8-9(19)10(20,21)11(22,23)12(24,25)13(26,27)14(28,29)15(30,31)16(32,33)17(34,35)18(36,37)38/h9,38H,2-8H2,1H3. The summed E-state index contributed by atoms with van der Waals surface area (Å²) in [5, 5.41) is -6.73. The van der Waals surface area contributed by atoms with E-state index in [1.165, 1.54) is 12.6 Å². The summed E-state index contributed by atoms with van der Waals surface area (Å²) in [6, 6.07) is 0. The van der Waals surface area contributed by atoms with E-state index in [1.54, 1.807) is 6.92 Å². The van der Waals surface area contributed by atoms with Gasteiger partial charge in [0.05, 0.1) is 0 Å². The summed E-state index contributed by atoms with van der Waals surface area (Å²) in [4.78, 5) is 0. The molecule has 0 rings (SSSR count). The van der Waals surface area contributed by atoms with E-state index in [1.807, 2.05) is 0 Å². The molecule has 0 aromatic heterocycles. The molecule has 0 radical (unpaired) electrons. The van der Waals surface area contributed by atoms with Gasteiger partial charge in [-0.2, -0.15) is 79.0 Å². The van der Waals surface area contributed by atoms with Crippen LogP contribution in [0, 0.1) is 0 Å². The molecule has 0 amide bonds. The normalized spacial score (nSPS) is 16.7. The van der Waals surface area contributed by atoms with Gasteiger partial charge in [0.15, 0.2) is 6.17 Å². The maximum atomic E-state index is 13.8. The summed E-state index contributed by atoms with van der Waals surface area (Å²) in [6.45, 7) is 1.72. The fraction of sp³-hybridized carbons (Fsp3) is 1.00. The molecule has 20 heteroatoms. The Bertz CT molecular complexity index is 770. The second-order valence-corrected chi connectivity index (χ2v) is 8.77. The van der Waals surface area contributed by atoms with Crippen LogP contribution in [-0.2, 0) is 0 Å². The molecule has 0 bridgehead atoms. The van der Waals surface area contributed by atoms with Crippen molar-refractivity contribution >= 4 is 12.6 Å². The average molecular weight is 628 g/mol. The molecule has 0 aromatic rings. The molecule has 0 aliphatic heterocycles. The van der Waals surface area contributed by atoms with Crippen molar-refractivity contribution in [1.29, 1.82) is 0 Å². The Balaban J connectivity index is 6.40. The fourth-order valence-corrected chi connectivity index (χ4v) is 3.01. The van der Waals surface area contributed by atoms with Gasteiger partial charge in [-0.25, -0.2) is 4.39 Å². The molecule has 230 valence electrons. The van der Waals surface area contributed by atoms with E-state index in [9.17, 15) is 83.4 Å². The van der Waals surface area contributed by atoms with E-state index in [-0.39, 0.29) is 12.8 Å². The Hall–Kier alpha value is -0.980. The van der Waals surface area contributed by atoms with Gasteiger partial charge in [-0.3, -0.25) is 0 Å². The van der Waals surface area contributed by atoms with Crippen molar-refractivity contribution in [2.24, 2.45) is 0 Å². The molecule has 0 nitrogen and oxygen atoms in total. The molecular weight excluding hydrogens is 609 g/mol. The van der Waals surface area contributed by atoms with Crippen molar-refractivity contribution in [1.82, 2.24) is 0 Å². The van der Waals surface area contributed by atoms with Gasteiger partial charge in [-0.15, -0.1) is 0 Å². The maximum Gasteiger partial charge on any atom is 0.387 e. The number of hydrogen-bond acceptors (Lipinski definition) is 1. The minimum Gasteiger partial charge on any atom is -0.241 e. The molecule has 0 saturated heterocycles. The molecule has 0 saturated carbocycles. The summed E-state index contributed by atoms with van der Waals surface area (Å²) in [7, 11) is 0. The highest BCUT2D eigenvalue weighted by atomic mass is 32.1. The largest absolute Gasteiger partial charge is 0.387 e. The zero-order valence-corrected chi connectivity index (χ0v) is 19.6. The van der Waals surface area contributed by atoms with Crippen molar-refractivity contribution < 1.29 is 83.4 Å². The van der Waals surface area contributed by atoms with Gasteiger partial charge in [0.1, 0.15) is 0 Å². The number of rotatable bonds is 16. The zero-order valence-electron chi connectivity index (χ0n) is 18.7. The van der Waals surface area contributed by atoms with E-state index in [0.29, 0.717) is 19.3 Å². The van der Waals surface area contributed by atoms with Gasteiger partial charge in [0.25, 0.3) is 0 Å². The molecule has 0 fully saturated rings. The lowest BCUT2D eigenvalue weighted by atomic mass is 9.86. The number of halogens is 19. The SMILES string of the molecule is CCCCCCCCC(F)C(F)(F)C(F)(F)C(F)(F)C(F)(F)C(F)(F)C(F)(F)C(F)(F)C(F)(F)C(F)(F)S. The highest BCUT2D eigenvalue weighted by molar-refractivity contribution is 7.81. The van der Waals surface area contributed by atoms with Crippen molar-refractivity contribution in [3.05, 3.63) is 0 Å². The first-order valence-corrected chi connectivity index (χ1v) is 10.7. The Labute approximate surface area is 207 Å². The maximum absolute atomic E-state index is 13.8. The number of hydrogen-bond donors (Lipinski definition) is 1. The van der Waals surface area contributed by atoms with E-state index in [2.05, 4.69) is 0 Å². The van der Waals surface area contributed by atoms with Crippen LogP contribution >= 0.6 is 12.6 Å². The van der Waals surface area contributed by atoms with Crippen LogP contribution in [-0.4, -0.2) is 58.8 Å². The third kappa shape index (κ3) is 5.61. The summed E-state index contributed by atoms with van der Waals surface area (Å²) >= 11 is 1.41. The molecule has 0 N–H and O–H groups in total. The molecule has 1 unspecified atom stereocenters. The fourth-order valence-electron chi connectivity index (χ4n) is 2.87. The van der Waals surface area contributed by atoms with Crippen LogP contribution in [0.4, 0.5) is 83.4 Å². The zero-order chi connectivity index (χ0) is 31.0. The van der Waals surface area contributed by atoms with Gasteiger partial charge in [-0.1, -0.05) is 58.1 Å². The highest BCUT2D eigenvalue weighted by Gasteiger charge is 2.96. The van der Waals surface area contributed by atoms with Crippen LogP contribution in [0.3, 0.4) is 0 Å². The van der Waals surface area contributed by atoms with Crippen molar-refractivity contribution in [3.8, 4) is 0 Å². The lowest BCUT2D eigenvalue weighted by Gasteiger charge is -2.44. The first-order valence-electron chi connectivity index (χ1n) is 10.2. The summed E-state index contributed by atoms with van der Waals surface area (Å²) in [6.07, 6.45) is -5.45. The third-order valence-corrected chi connectivity index (χ3v) is 5.65. The van der Waals surface area contributed by atoms with E-state index < -0.39 is 71.6 Å². The third-order valence-electron chi connectivity index (χ3n) is 5.37. The number of thiol groups is 1. The van der Waals surface area contributed by atoms with E-state index in [0.717, 1.165) is 0 Å². The van der Waals surface area contributed by atoms with Gasteiger partial charge < -0.3 is 0 Å². The Kier molecular flexibility index (Phi) is 10.8. The van der Waals surface area contributed by atoms with E-state index in [4.69, 9.17) is 0 Å². The minimum absolute atomic E-state index is 0.169. The monoisotopic (exact) mass is 628 g/mol. The molecule has 0 spiro atoms. The lowest BCUT2D eigenvalue weighted by Crippen LogP contribution is -2.76.